The van der Waals surface area contributed by atoms with Crippen LogP contribution in [0.3, 0.4) is 0 Å². The number of nitrogens with one attached hydrogen (secondary N) is 1. The Morgan fingerprint density at radius 2 is 1.66 bits per heavy atom. The Morgan fingerprint density at radius 3 is 2.14 bits per heavy atom. The van der Waals surface area contributed by atoms with Crippen molar-refractivity contribution in [2.24, 2.45) is 0 Å². The number of aryl methyl sites for hydroxylation is 2. The predicted molar refractivity (Wildman–Crippen MR) is 117 cm³/mol. The van der Waals surface area contributed by atoms with Crippen LogP contribution in [0.25, 0.3) is 0 Å². The van der Waals surface area contributed by atoms with Gasteiger partial charge in [0.15, 0.2) is 0 Å². The zero-order valence-corrected chi connectivity index (χ0v) is 18.5. The Bertz CT molecular complexity index is 920. The molecule has 0 aliphatic rings. The first kappa shape index (κ1) is 22.7. The number of nitrogens with zero attached hydrogens (tertiary/aromatic N) is 1. The van der Waals surface area contributed by atoms with E-state index in [1.807, 2.05) is 58.0 Å². The highest BCUT2D eigenvalue weighted by molar-refractivity contribution is 7.92. The average molecular weight is 419 g/mol. The fraction of sp³-hybridized carbons (Fsp3) is 0.409. The number of hydrogen-bond acceptors (Lipinski definition) is 4. The largest absolute Gasteiger partial charge is 0.494 e. The SMILES string of the molecule is CCOc1ccc(CNC(=O)[C@H](CC)N(c2cc(C)cc(C)c2)S(C)(=O)=O)cc1. The highest BCUT2D eigenvalue weighted by Gasteiger charge is 2.31. The molecular formula is C22H30N2O4S. The quantitative estimate of drug-likeness (QED) is 0.676. The van der Waals surface area contributed by atoms with E-state index in [0.717, 1.165) is 28.7 Å². The van der Waals surface area contributed by atoms with Crippen LogP contribution < -0.4 is 14.4 Å². The van der Waals surface area contributed by atoms with Crippen LogP contribution in [0.15, 0.2) is 42.5 Å². The molecule has 0 bridgehead atoms. The standard InChI is InChI=1S/C22H30N2O4S/c1-6-21(22(25)23-15-18-8-10-20(11-9-18)28-7-2)24(29(5,26)27)19-13-16(3)12-17(4)14-19/h8-14,21H,6-7,15H2,1-5H3,(H,23,25)/t21-/m0/s1. The molecule has 0 radical (unpaired) electrons. The molecule has 1 atom stereocenters. The topological polar surface area (TPSA) is 75.7 Å². The summed E-state index contributed by atoms with van der Waals surface area (Å²) in [6.07, 6.45) is 1.49. The fourth-order valence-corrected chi connectivity index (χ4v) is 4.51. The van der Waals surface area contributed by atoms with Gasteiger partial charge in [0.2, 0.25) is 15.9 Å². The predicted octanol–water partition coefficient (Wildman–Crippen LogP) is 3.56. The molecule has 0 spiro atoms. The third-order valence-corrected chi connectivity index (χ3v) is 5.67. The summed E-state index contributed by atoms with van der Waals surface area (Å²) in [5, 5.41) is 2.87. The van der Waals surface area contributed by atoms with Crippen LogP contribution in [0.4, 0.5) is 5.69 Å². The molecule has 2 aromatic rings. The van der Waals surface area contributed by atoms with E-state index < -0.39 is 16.1 Å². The highest BCUT2D eigenvalue weighted by Crippen LogP contribution is 2.25. The third kappa shape index (κ3) is 6.22. The number of carbonyl (C=O) groups excluding carboxylic acids is 1. The molecule has 0 aliphatic heterocycles. The van der Waals surface area contributed by atoms with Crippen LogP contribution in [0.2, 0.25) is 0 Å². The normalized spacial score (nSPS) is 12.3. The molecule has 2 aromatic carbocycles. The van der Waals surface area contributed by atoms with Crippen molar-refractivity contribution < 1.29 is 17.9 Å². The van der Waals surface area contributed by atoms with Gasteiger partial charge >= 0.3 is 0 Å². The van der Waals surface area contributed by atoms with Crippen molar-refractivity contribution in [3.05, 3.63) is 59.2 Å². The van der Waals surface area contributed by atoms with Crippen molar-refractivity contribution in [2.45, 2.75) is 46.7 Å². The van der Waals surface area contributed by atoms with Crippen LogP contribution in [0.1, 0.15) is 37.0 Å². The van der Waals surface area contributed by atoms with Crippen LogP contribution >= 0.6 is 0 Å². The van der Waals surface area contributed by atoms with E-state index in [4.69, 9.17) is 4.74 Å². The molecule has 29 heavy (non-hydrogen) atoms. The van der Waals surface area contributed by atoms with Crippen molar-refractivity contribution in [3.63, 3.8) is 0 Å². The second-order valence-electron chi connectivity index (χ2n) is 7.12. The maximum Gasteiger partial charge on any atom is 0.244 e. The smallest absolute Gasteiger partial charge is 0.244 e. The number of sulfonamides is 1. The van der Waals surface area contributed by atoms with E-state index in [0.29, 0.717) is 25.3 Å². The number of hydrogen-bond donors (Lipinski definition) is 1. The summed E-state index contributed by atoms with van der Waals surface area (Å²) in [4.78, 5) is 12.9. The second kappa shape index (κ2) is 9.78. The second-order valence-corrected chi connectivity index (χ2v) is 8.98. The summed E-state index contributed by atoms with van der Waals surface area (Å²) in [6.45, 7) is 8.44. The summed E-state index contributed by atoms with van der Waals surface area (Å²) in [5.74, 6) is 0.443. The van der Waals surface area contributed by atoms with Gasteiger partial charge in [-0.25, -0.2) is 8.42 Å². The minimum absolute atomic E-state index is 0.312. The maximum absolute atomic E-state index is 12.9. The number of anilines is 1. The summed E-state index contributed by atoms with van der Waals surface area (Å²) in [5.41, 5.74) is 3.30. The van der Waals surface area contributed by atoms with Gasteiger partial charge in [0.1, 0.15) is 11.8 Å². The van der Waals surface area contributed by atoms with Crippen molar-refractivity contribution in [2.75, 3.05) is 17.2 Å². The van der Waals surface area contributed by atoms with Gasteiger partial charge in [-0.15, -0.1) is 0 Å². The lowest BCUT2D eigenvalue weighted by atomic mass is 10.1. The van der Waals surface area contributed by atoms with Crippen LogP contribution in [-0.4, -0.2) is 33.2 Å². The average Bonchev–Trinajstić information content (AvgIpc) is 2.63. The van der Waals surface area contributed by atoms with Gasteiger partial charge in [0.25, 0.3) is 0 Å². The first-order valence-corrected chi connectivity index (χ1v) is 11.6. The molecule has 0 saturated heterocycles. The molecule has 1 amide bonds. The fourth-order valence-electron chi connectivity index (χ4n) is 3.32. The van der Waals surface area contributed by atoms with Crippen LogP contribution in [-0.2, 0) is 21.4 Å². The maximum atomic E-state index is 12.9. The first-order chi connectivity index (χ1) is 13.7. The Morgan fingerprint density at radius 1 is 1.07 bits per heavy atom. The zero-order chi connectivity index (χ0) is 21.6. The van der Waals surface area contributed by atoms with Crippen molar-refractivity contribution in [3.8, 4) is 5.75 Å². The Kier molecular flexibility index (Phi) is 7.67. The van der Waals surface area contributed by atoms with Gasteiger partial charge in [-0.2, -0.15) is 0 Å². The van der Waals surface area contributed by atoms with Crippen molar-refractivity contribution in [1.82, 2.24) is 5.32 Å². The molecule has 0 heterocycles. The Balaban J connectivity index is 2.22. The van der Waals surface area contributed by atoms with Gasteiger partial charge < -0.3 is 10.1 Å². The molecular weight excluding hydrogens is 388 g/mol. The van der Waals surface area contributed by atoms with Crippen LogP contribution in [0, 0.1) is 13.8 Å². The summed E-state index contributed by atoms with van der Waals surface area (Å²) in [7, 11) is -3.65. The number of amides is 1. The number of benzene rings is 2. The van der Waals surface area contributed by atoms with Gasteiger partial charge in [0, 0.05) is 6.54 Å². The Labute approximate surface area is 173 Å². The summed E-state index contributed by atoms with van der Waals surface area (Å²) < 4.78 is 31.8. The minimum atomic E-state index is -3.65. The van der Waals surface area contributed by atoms with Gasteiger partial charge in [-0.3, -0.25) is 9.10 Å². The molecule has 0 aromatic heterocycles. The summed E-state index contributed by atoms with van der Waals surface area (Å²) >= 11 is 0. The van der Waals surface area contributed by atoms with E-state index in [1.54, 1.807) is 12.1 Å². The lowest BCUT2D eigenvalue weighted by molar-refractivity contribution is -0.122. The molecule has 0 fully saturated rings. The van der Waals surface area contributed by atoms with E-state index in [-0.39, 0.29) is 5.91 Å². The number of carbonyl (C=O) groups is 1. The van der Waals surface area contributed by atoms with E-state index >= 15 is 0 Å². The number of ether oxygens (including phenoxy) is 1. The van der Waals surface area contributed by atoms with Crippen LogP contribution in [0.5, 0.6) is 5.75 Å². The molecule has 7 heteroatoms. The van der Waals surface area contributed by atoms with E-state index in [1.165, 1.54) is 4.31 Å². The first-order valence-electron chi connectivity index (χ1n) is 9.72. The van der Waals surface area contributed by atoms with Crippen molar-refractivity contribution in [1.29, 1.82) is 0 Å². The van der Waals surface area contributed by atoms with E-state index in [9.17, 15) is 13.2 Å². The van der Waals surface area contributed by atoms with Gasteiger partial charge in [0.05, 0.1) is 18.6 Å². The third-order valence-electron chi connectivity index (χ3n) is 4.49. The molecule has 2 rings (SSSR count). The molecule has 0 saturated carbocycles. The molecule has 0 unspecified atom stereocenters. The lowest BCUT2D eigenvalue weighted by Crippen LogP contribution is -2.49. The lowest BCUT2D eigenvalue weighted by Gasteiger charge is -2.30. The summed E-state index contributed by atoms with van der Waals surface area (Å²) in [6, 6.07) is 12.2. The van der Waals surface area contributed by atoms with Gasteiger partial charge in [-0.1, -0.05) is 25.1 Å². The van der Waals surface area contributed by atoms with Gasteiger partial charge in [-0.05, 0) is 68.1 Å². The minimum Gasteiger partial charge on any atom is -0.494 e. The Hall–Kier alpha value is -2.54. The molecule has 6 nitrogen and oxygen atoms in total. The van der Waals surface area contributed by atoms with E-state index in [2.05, 4.69) is 5.32 Å². The molecule has 1 N–H and O–H groups in total. The molecule has 0 aliphatic carbocycles. The monoisotopic (exact) mass is 418 g/mol. The molecule has 158 valence electrons. The highest BCUT2D eigenvalue weighted by atomic mass is 32.2. The number of rotatable bonds is 9. The van der Waals surface area contributed by atoms with Crippen molar-refractivity contribution >= 4 is 21.6 Å². The zero-order valence-electron chi connectivity index (χ0n) is 17.7.